The van der Waals surface area contributed by atoms with E-state index in [1.54, 1.807) is 5.32 Å². The summed E-state index contributed by atoms with van der Waals surface area (Å²) in [4.78, 5) is 0. The quantitative estimate of drug-likeness (QED) is 0.728. The molecule has 3 nitrogen and oxygen atoms in total. The summed E-state index contributed by atoms with van der Waals surface area (Å²) in [6.07, 6.45) is -4.36. The molecule has 0 bridgehead atoms. The van der Waals surface area contributed by atoms with Crippen molar-refractivity contribution in [2.24, 2.45) is 0 Å². The van der Waals surface area contributed by atoms with E-state index in [2.05, 4.69) is 0 Å². The van der Waals surface area contributed by atoms with Gasteiger partial charge in [-0.2, -0.15) is 13.2 Å². The van der Waals surface area contributed by atoms with E-state index >= 15 is 0 Å². The first-order valence-electron chi connectivity index (χ1n) is 3.25. The van der Waals surface area contributed by atoms with E-state index in [4.69, 9.17) is 0 Å². The second-order valence-corrected chi connectivity index (χ2v) is 4.57. The Kier molecular flexibility index (Phi) is 3.98. The van der Waals surface area contributed by atoms with Crippen molar-refractivity contribution in [3.63, 3.8) is 0 Å². The minimum absolute atomic E-state index is 0.155. The lowest BCUT2D eigenvalue weighted by atomic mass is 10.6. The van der Waals surface area contributed by atoms with Crippen LogP contribution in [0.25, 0.3) is 0 Å². The third kappa shape index (κ3) is 6.41. The number of hydrogen-bond donors (Lipinski definition) is 1. The molecule has 0 fully saturated rings. The van der Waals surface area contributed by atoms with Crippen molar-refractivity contribution >= 4 is 9.84 Å². The van der Waals surface area contributed by atoms with Gasteiger partial charge in [0.15, 0.2) is 9.84 Å². The van der Waals surface area contributed by atoms with Crippen LogP contribution in [0.2, 0.25) is 0 Å². The lowest BCUT2D eigenvalue weighted by Crippen LogP contribution is -2.33. The van der Waals surface area contributed by atoms with Crippen LogP contribution in [0.1, 0.15) is 6.92 Å². The molecule has 74 valence electrons. The van der Waals surface area contributed by atoms with E-state index < -0.39 is 28.4 Å². The van der Waals surface area contributed by atoms with Gasteiger partial charge in [0.05, 0.1) is 12.4 Å². The Morgan fingerprint density at radius 3 is 2.17 bits per heavy atom. The van der Waals surface area contributed by atoms with Crippen molar-refractivity contribution < 1.29 is 21.6 Å². The molecule has 0 atom stereocenters. The van der Waals surface area contributed by atoms with Crippen LogP contribution in [0.15, 0.2) is 0 Å². The van der Waals surface area contributed by atoms with E-state index in [-0.39, 0.29) is 5.75 Å². The highest BCUT2D eigenvalue weighted by atomic mass is 32.2. The first-order valence-corrected chi connectivity index (χ1v) is 5.07. The molecule has 0 spiro atoms. The predicted octanol–water partition coefficient (Wildman–Crippen LogP) is 0.530. The lowest BCUT2D eigenvalue weighted by molar-refractivity contribution is -0.123. The molecule has 0 saturated carbocycles. The van der Waals surface area contributed by atoms with Crippen molar-refractivity contribution in [2.75, 3.05) is 18.2 Å². The number of rotatable bonds is 4. The molecule has 0 radical (unpaired) electrons. The van der Waals surface area contributed by atoms with Gasteiger partial charge in [0.2, 0.25) is 0 Å². The van der Waals surface area contributed by atoms with Crippen molar-refractivity contribution in [2.45, 2.75) is 13.1 Å². The zero-order chi connectivity index (χ0) is 9.83. The van der Waals surface area contributed by atoms with Crippen LogP contribution < -0.4 is 5.32 Å². The molecule has 7 heteroatoms. The monoisotopic (exact) mass is 205 g/mol. The van der Waals surface area contributed by atoms with Gasteiger partial charge in [-0.1, -0.05) is 6.92 Å². The van der Waals surface area contributed by atoms with Crippen LogP contribution >= 0.6 is 0 Å². The standard InChI is InChI=1S/C5H10F3NO2S/c1-2-12(10,11)4-9-3-5(6,7)8/h9H,2-4H2,1H3. The van der Waals surface area contributed by atoms with Gasteiger partial charge in [0.1, 0.15) is 0 Å². The summed E-state index contributed by atoms with van der Waals surface area (Å²) in [5.41, 5.74) is 0. The van der Waals surface area contributed by atoms with Crippen LogP contribution in [0.4, 0.5) is 13.2 Å². The fourth-order valence-corrected chi connectivity index (χ4v) is 1.07. The van der Waals surface area contributed by atoms with Crippen LogP contribution in [0, 0.1) is 0 Å². The minimum atomic E-state index is -4.36. The van der Waals surface area contributed by atoms with Gasteiger partial charge < -0.3 is 0 Å². The van der Waals surface area contributed by atoms with Gasteiger partial charge in [-0.25, -0.2) is 8.42 Å². The number of alkyl halides is 3. The summed E-state index contributed by atoms with van der Waals surface area (Å²) in [5, 5.41) is 1.80. The van der Waals surface area contributed by atoms with Crippen molar-refractivity contribution in [3.05, 3.63) is 0 Å². The highest BCUT2D eigenvalue weighted by Crippen LogP contribution is 2.11. The fourth-order valence-electron chi connectivity index (χ4n) is 0.450. The zero-order valence-corrected chi connectivity index (χ0v) is 7.30. The maximum atomic E-state index is 11.5. The van der Waals surface area contributed by atoms with Crippen LogP contribution in [-0.4, -0.2) is 32.8 Å². The van der Waals surface area contributed by atoms with Crippen molar-refractivity contribution in [1.82, 2.24) is 5.32 Å². The molecule has 0 aromatic heterocycles. The molecule has 0 amide bonds. The Morgan fingerprint density at radius 2 is 1.83 bits per heavy atom. The van der Waals surface area contributed by atoms with E-state index in [0.29, 0.717) is 0 Å². The summed E-state index contributed by atoms with van der Waals surface area (Å²) in [6.45, 7) is 0.108. The lowest BCUT2D eigenvalue weighted by Gasteiger charge is -2.07. The normalized spacial score (nSPS) is 13.3. The van der Waals surface area contributed by atoms with E-state index in [1.807, 2.05) is 0 Å². The summed E-state index contributed by atoms with van der Waals surface area (Å²) in [6, 6.07) is 0. The molecule has 0 unspecified atom stereocenters. The van der Waals surface area contributed by atoms with Gasteiger partial charge in [-0.15, -0.1) is 0 Å². The van der Waals surface area contributed by atoms with Gasteiger partial charge in [0, 0.05) is 5.75 Å². The first-order chi connectivity index (χ1) is 5.27. The zero-order valence-electron chi connectivity index (χ0n) is 6.48. The van der Waals surface area contributed by atoms with Crippen LogP contribution in [0.3, 0.4) is 0 Å². The Bertz CT molecular complexity index is 221. The van der Waals surface area contributed by atoms with Crippen molar-refractivity contribution in [3.8, 4) is 0 Å². The molecule has 0 aliphatic rings. The average Bonchev–Trinajstić information content (AvgIpc) is 1.84. The minimum Gasteiger partial charge on any atom is -0.295 e. The van der Waals surface area contributed by atoms with E-state index in [1.165, 1.54) is 6.92 Å². The van der Waals surface area contributed by atoms with Gasteiger partial charge >= 0.3 is 6.18 Å². The summed E-state index contributed by atoms with van der Waals surface area (Å²) >= 11 is 0. The second kappa shape index (κ2) is 4.08. The van der Waals surface area contributed by atoms with Gasteiger partial charge in [-0.3, -0.25) is 5.32 Å². The van der Waals surface area contributed by atoms with Crippen LogP contribution in [-0.2, 0) is 9.84 Å². The molecule has 0 aliphatic carbocycles. The molecule has 0 heterocycles. The number of hydrogen-bond acceptors (Lipinski definition) is 3. The maximum absolute atomic E-state index is 11.5. The summed E-state index contributed by atoms with van der Waals surface area (Å²) < 4.78 is 55.7. The Labute approximate surface area is 68.9 Å². The largest absolute Gasteiger partial charge is 0.401 e. The smallest absolute Gasteiger partial charge is 0.295 e. The molecule has 0 rings (SSSR count). The Hall–Kier alpha value is -0.300. The third-order valence-corrected chi connectivity index (χ3v) is 2.61. The van der Waals surface area contributed by atoms with E-state index in [0.717, 1.165) is 0 Å². The number of sulfone groups is 1. The van der Waals surface area contributed by atoms with Crippen molar-refractivity contribution in [1.29, 1.82) is 0 Å². The first kappa shape index (κ1) is 11.7. The molecule has 1 N–H and O–H groups in total. The molecular formula is C5H10F3NO2S. The average molecular weight is 205 g/mol. The molecule has 0 saturated heterocycles. The second-order valence-electron chi connectivity index (χ2n) is 2.22. The maximum Gasteiger partial charge on any atom is 0.401 e. The number of halogens is 3. The summed E-state index contributed by atoms with van der Waals surface area (Å²) in [5.74, 6) is -0.777. The molecule has 12 heavy (non-hydrogen) atoms. The number of nitrogens with one attached hydrogen (secondary N) is 1. The summed E-state index contributed by atoms with van der Waals surface area (Å²) in [7, 11) is -3.35. The van der Waals surface area contributed by atoms with Gasteiger partial charge in [-0.05, 0) is 0 Å². The highest BCUT2D eigenvalue weighted by molar-refractivity contribution is 7.91. The highest BCUT2D eigenvalue weighted by Gasteiger charge is 2.26. The van der Waals surface area contributed by atoms with E-state index in [9.17, 15) is 21.6 Å². The van der Waals surface area contributed by atoms with Gasteiger partial charge in [0.25, 0.3) is 0 Å². The Balaban J connectivity index is 3.73. The molecular weight excluding hydrogens is 195 g/mol. The Morgan fingerprint density at radius 1 is 1.33 bits per heavy atom. The third-order valence-electron chi connectivity index (χ3n) is 1.09. The topological polar surface area (TPSA) is 46.2 Å². The molecule has 0 aromatic rings. The van der Waals surface area contributed by atoms with Crippen LogP contribution in [0.5, 0.6) is 0 Å². The molecule has 0 aromatic carbocycles. The SMILES string of the molecule is CCS(=O)(=O)CNCC(F)(F)F. The predicted molar refractivity (Wildman–Crippen MR) is 38.4 cm³/mol. The fraction of sp³-hybridized carbons (Fsp3) is 1.00. The molecule has 0 aliphatic heterocycles.